The molecule has 1 saturated heterocycles. The topological polar surface area (TPSA) is 42.4 Å². The van der Waals surface area contributed by atoms with Crippen molar-refractivity contribution in [3.8, 4) is 5.75 Å². The van der Waals surface area contributed by atoms with Crippen molar-refractivity contribution in [1.29, 1.82) is 0 Å². The predicted molar refractivity (Wildman–Crippen MR) is 92.4 cm³/mol. The Morgan fingerprint density at radius 2 is 1.88 bits per heavy atom. The van der Waals surface area contributed by atoms with Crippen molar-refractivity contribution in [2.75, 3.05) is 18.0 Å². The third-order valence-electron chi connectivity index (χ3n) is 4.02. The van der Waals surface area contributed by atoms with Crippen LogP contribution in [0.4, 0.5) is 9.52 Å². The standard InChI is InChI=1S/C18H15FN2O2S/c19-13-5-3-12(4-6-13)17(22)23-14-7-8-15-16(11-14)24-18(20-15)21-9-1-2-10-21/h3-8,11H,1-2,9-10H2. The fourth-order valence-electron chi connectivity index (χ4n) is 2.75. The summed E-state index contributed by atoms with van der Waals surface area (Å²) in [6.45, 7) is 2.10. The molecule has 0 saturated carbocycles. The average Bonchev–Trinajstić information content (AvgIpc) is 3.24. The van der Waals surface area contributed by atoms with Crippen molar-refractivity contribution in [2.45, 2.75) is 12.8 Å². The number of hydrogen-bond acceptors (Lipinski definition) is 5. The smallest absolute Gasteiger partial charge is 0.343 e. The Hall–Kier alpha value is -2.47. The van der Waals surface area contributed by atoms with Crippen LogP contribution in [0.15, 0.2) is 42.5 Å². The summed E-state index contributed by atoms with van der Waals surface area (Å²) in [4.78, 5) is 19.0. The summed E-state index contributed by atoms with van der Waals surface area (Å²) in [5.41, 5.74) is 1.22. The molecule has 4 nitrogen and oxygen atoms in total. The third-order valence-corrected chi connectivity index (χ3v) is 5.09. The lowest BCUT2D eigenvalue weighted by molar-refractivity contribution is 0.0735. The van der Waals surface area contributed by atoms with Crippen LogP contribution in [-0.2, 0) is 0 Å². The molecule has 0 unspecified atom stereocenters. The van der Waals surface area contributed by atoms with E-state index in [2.05, 4.69) is 9.88 Å². The summed E-state index contributed by atoms with van der Waals surface area (Å²) >= 11 is 1.61. The minimum atomic E-state index is -0.501. The minimum Gasteiger partial charge on any atom is -0.423 e. The quantitative estimate of drug-likeness (QED) is 0.527. The average molecular weight is 342 g/mol. The van der Waals surface area contributed by atoms with Crippen LogP contribution in [0, 0.1) is 5.82 Å². The molecule has 6 heteroatoms. The number of carbonyl (C=O) groups is 1. The zero-order valence-electron chi connectivity index (χ0n) is 12.9. The van der Waals surface area contributed by atoms with Crippen molar-refractivity contribution in [3.63, 3.8) is 0 Å². The van der Waals surface area contributed by atoms with E-state index in [9.17, 15) is 9.18 Å². The van der Waals surface area contributed by atoms with Crippen LogP contribution in [0.3, 0.4) is 0 Å². The number of fused-ring (bicyclic) bond motifs is 1. The number of esters is 1. The maximum absolute atomic E-state index is 12.9. The van der Waals surface area contributed by atoms with Crippen LogP contribution < -0.4 is 9.64 Å². The highest BCUT2D eigenvalue weighted by Gasteiger charge is 2.17. The Bertz CT molecular complexity index is 886. The normalized spacial score (nSPS) is 14.3. The molecule has 0 bridgehead atoms. The van der Waals surface area contributed by atoms with Gasteiger partial charge in [-0.2, -0.15) is 0 Å². The Balaban J connectivity index is 1.55. The number of ether oxygens (including phenoxy) is 1. The Morgan fingerprint density at radius 1 is 1.12 bits per heavy atom. The number of nitrogens with zero attached hydrogens (tertiary/aromatic N) is 2. The molecule has 3 aromatic rings. The number of anilines is 1. The second-order valence-electron chi connectivity index (χ2n) is 5.72. The van der Waals surface area contributed by atoms with Gasteiger partial charge in [-0.1, -0.05) is 11.3 Å². The van der Waals surface area contributed by atoms with Crippen molar-refractivity contribution < 1.29 is 13.9 Å². The number of hydrogen-bond donors (Lipinski definition) is 0. The molecule has 0 atom stereocenters. The molecular weight excluding hydrogens is 327 g/mol. The molecular formula is C18H15FN2O2S. The van der Waals surface area contributed by atoms with Crippen molar-refractivity contribution in [1.82, 2.24) is 4.98 Å². The van der Waals surface area contributed by atoms with Crippen molar-refractivity contribution in [2.24, 2.45) is 0 Å². The lowest BCUT2D eigenvalue weighted by Gasteiger charge is -2.11. The molecule has 1 aliphatic rings. The molecule has 0 spiro atoms. The molecule has 122 valence electrons. The summed E-state index contributed by atoms with van der Waals surface area (Å²) in [7, 11) is 0. The van der Waals surface area contributed by atoms with Gasteiger partial charge in [0.05, 0.1) is 15.8 Å². The number of aromatic nitrogens is 1. The van der Waals surface area contributed by atoms with E-state index in [1.807, 2.05) is 12.1 Å². The van der Waals surface area contributed by atoms with E-state index >= 15 is 0 Å². The molecule has 1 aliphatic heterocycles. The van der Waals surface area contributed by atoms with Crippen LogP contribution in [0.5, 0.6) is 5.75 Å². The van der Waals surface area contributed by atoms with E-state index in [-0.39, 0.29) is 5.82 Å². The lowest BCUT2D eigenvalue weighted by atomic mass is 10.2. The first kappa shape index (κ1) is 15.1. The maximum atomic E-state index is 12.9. The fourth-order valence-corrected chi connectivity index (χ4v) is 3.80. The SMILES string of the molecule is O=C(Oc1ccc2nc(N3CCCC3)sc2c1)c1ccc(F)cc1. The molecule has 0 amide bonds. The van der Waals surface area contributed by atoms with Gasteiger partial charge >= 0.3 is 5.97 Å². The molecule has 2 heterocycles. The number of carbonyl (C=O) groups excluding carboxylic acids is 1. The molecule has 0 radical (unpaired) electrons. The monoisotopic (exact) mass is 342 g/mol. The second-order valence-corrected chi connectivity index (χ2v) is 6.73. The Kier molecular flexibility index (Phi) is 3.90. The van der Waals surface area contributed by atoms with E-state index in [4.69, 9.17) is 4.74 Å². The Morgan fingerprint density at radius 3 is 2.62 bits per heavy atom. The molecule has 1 fully saturated rings. The number of halogens is 1. The highest BCUT2D eigenvalue weighted by Crippen LogP contribution is 2.33. The number of thiazole rings is 1. The Labute approximate surface area is 142 Å². The number of benzene rings is 2. The van der Waals surface area contributed by atoms with Gasteiger partial charge in [0.15, 0.2) is 5.13 Å². The van der Waals surface area contributed by atoms with Gasteiger partial charge in [-0.15, -0.1) is 0 Å². The van der Waals surface area contributed by atoms with E-state index < -0.39 is 5.97 Å². The van der Waals surface area contributed by atoms with Gasteiger partial charge < -0.3 is 9.64 Å². The van der Waals surface area contributed by atoms with Gasteiger partial charge in [-0.05, 0) is 49.2 Å². The molecule has 0 N–H and O–H groups in total. The van der Waals surface area contributed by atoms with Crippen LogP contribution in [0.25, 0.3) is 10.2 Å². The first-order valence-corrected chi connectivity index (χ1v) is 8.64. The molecule has 1 aromatic heterocycles. The number of rotatable bonds is 3. The van der Waals surface area contributed by atoms with E-state index in [0.717, 1.165) is 28.4 Å². The maximum Gasteiger partial charge on any atom is 0.343 e. The largest absolute Gasteiger partial charge is 0.423 e. The van der Waals surface area contributed by atoms with E-state index in [1.54, 1.807) is 17.4 Å². The van der Waals surface area contributed by atoms with Gasteiger partial charge in [-0.25, -0.2) is 14.2 Å². The summed E-state index contributed by atoms with van der Waals surface area (Å²) in [6, 6.07) is 10.7. The first-order valence-electron chi connectivity index (χ1n) is 7.82. The summed E-state index contributed by atoms with van der Waals surface area (Å²) in [5, 5.41) is 1.02. The lowest BCUT2D eigenvalue weighted by Crippen LogP contribution is -2.16. The summed E-state index contributed by atoms with van der Waals surface area (Å²) in [5.74, 6) is -0.417. The minimum absolute atomic E-state index is 0.318. The van der Waals surface area contributed by atoms with Gasteiger partial charge in [-0.3, -0.25) is 0 Å². The molecule has 4 rings (SSSR count). The zero-order valence-corrected chi connectivity index (χ0v) is 13.7. The molecule has 24 heavy (non-hydrogen) atoms. The molecule has 2 aromatic carbocycles. The third kappa shape index (κ3) is 2.97. The highest BCUT2D eigenvalue weighted by molar-refractivity contribution is 7.22. The van der Waals surface area contributed by atoms with Crippen LogP contribution in [0.2, 0.25) is 0 Å². The van der Waals surface area contributed by atoms with Crippen molar-refractivity contribution >= 4 is 32.7 Å². The van der Waals surface area contributed by atoms with Gasteiger partial charge in [0.25, 0.3) is 0 Å². The van der Waals surface area contributed by atoms with E-state index in [1.165, 1.54) is 37.1 Å². The van der Waals surface area contributed by atoms with Crippen LogP contribution in [0.1, 0.15) is 23.2 Å². The fraction of sp³-hybridized carbons (Fsp3) is 0.222. The van der Waals surface area contributed by atoms with Crippen molar-refractivity contribution in [3.05, 3.63) is 53.8 Å². The highest BCUT2D eigenvalue weighted by atomic mass is 32.1. The molecule has 0 aliphatic carbocycles. The predicted octanol–water partition coefficient (Wildman–Crippen LogP) is 4.25. The second kappa shape index (κ2) is 6.20. The van der Waals surface area contributed by atoms with Gasteiger partial charge in [0.2, 0.25) is 0 Å². The van der Waals surface area contributed by atoms with Gasteiger partial charge in [0.1, 0.15) is 11.6 Å². The van der Waals surface area contributed by atoms with Crippen LogP contribution >= 0.6 is 11.3 Å². The zero-order chi connectivity index (χ0) is 16.5. The van der Waals surface area contributed by atoms with E-state index in [0.29, 0.717) is 11.3 Å². The summed E-state index contributed by atoms with van der Waals surface area (Å²) in [6.07, 6.45) is 2.41. The van der Waals surface area contributed by atoms with Crippen LogP contribution in [-0.4, -0.2) is 24.0 Å². The first-order chi connectivity index (χ1) is 11.7. The summed E-state index contributed by atoms with van der Waals surface area (Å²) < 4.78 is 19.3. The van der Waals surface area contributed by atoms with Gasteiger partial charge in [0, 0.05) is 19.2 Å².